The maximum absolute atomic E-state index is 13.4. The van der Waals surface area contributed by atoms with Crippen LogP contribution < -0.4 is 0 Å². The minimum absolute atomic E-state index is 0.131. The zero-order valence-electron chi connectivity index (χ0n) is 9.26. The van der Waals surface area contributed by atoms with E-state index in [2.05, 4.69) is 15.9 Å². The summed E-state index contributed by atoms with van der Waals surface area (Å²) in [6, 6.07) is 3.07. The van der Waals surface area contributed by atoms with Crippen LogP contribution in [0.1, 0.15) is 34.7 Å². The molecule has 1 aromatic rings. The molecule has 0 spiro atoms. The first-order valence-electron chi connectivity index (χ1n) is 5.21. The van der Waals surface area contributed by atoms with Crippen LogP contribution in [0.2, 0.25) is 0 Å². The van der Waals surface area contributed by atoms with E-state index in [4.69, 9.17) is 0 Å². The molecule has 0 heterocycles. The van der Waals surface area contributed by atoms with Gasteiger partial charge in [-0.15, -0.1) is 0 Å². The van der Waals surface area contributed by atoms with E-state index < -0.39 is 0 Å². The third kappa shape index (κ3) is 2.12. The van der Waals surface area contributed by atoms with E-state index in [1.807, 2.05) is 0 Å². The molecule has 0 atom stereocenters. The highest BCUT2D eigenvalue weighted by Crippen LogP contribution is 2.43. The minimum Gasteiger partial charge on any atom is -0.345 e. The van der Waals surface area contributed by atoms with Crippen LogP contribution in [0.4, 0.5) is 4.39 Å². The maximum atomic E-state index is 13.4. The second-order valence-electron chi connectivity index (χ2n) is 4.33. The van der Waals surface area contributed by atoms with Crippen molar-refractivity contribution in [1.82, 2.24) is 4.90 Å². The van der Waals surface area contributed by atoms with Gasteiger partial charge in [-0.1, -0.05) is 0 Å². The Hall–Kier alpha value is -0.900. The van der Waals surface area contributed by atoms with Gasteiger partial charge in [0.15, 0.2) is 0 Å². The molecule has 4 heteroatoms. The summed E-state index contributed by atoms with van der Waals surface area (Å²) < 4.78 is 13.9. The zero-order valence-corrected chi connectivity index (χ0v) is 10.8. The molecular formula is C12H13BrFNO. The lowest BCUT2D eigenvalue weighted by Crippen LogP contribution is -2.23. The molecule has 0 N–H and O–H groups in total. The largest absolute Gasteiger partial charge is 0.345 e. The number of rotatable bonds is 2. The molecule has 2 nitrogen and oxygen atoms in total. The van der Waals surface area contributed by atoms with Gasteiger partial charge >= 0.3 is 0 Å². The van der Waals surface area contributed by atoms with Crippen LogP contribution in [0, 0.1) is 5.82 Å². The van der Waals surface area contributed by atoms with Gasteiger partial charge < -0.3 is 4.90 Å². The van der Waals surface area contributed by atoms with Gasteiger partial charge in [-0.05, 0) is 52.4 Å². The van der Waals surface area contributed by atoms with Crippen molar-refractivity contribution >= 4 is 21.8 Å². The Balaban J connectivity index is 2.49. The van der Waals surface area contributed by atoms with Gasteiger partial charge in [-0.25, -0.2) is 4.39 Å². The Bertz CT molecular complexity index is 441. The number of halogens is 2. The lowest BCUT2D eigenvalue weighted by atomic mass is 10.0. The van der Waals surface area contributed by atoms with Crippen molar-refractivity contribution in [2.75, 3.05) is 14.1 Å². The molecule has 86 valence electrons. The van der Waals surface area contributed by atoms with Gasteiger partial charge in [-0.3, -0.25) is 4.79 Å². The van der Waals surface area contributed by atoms with E-state index >= 15 is 0 Å². The van der Waals surface area contributed by atoms with Crippen molar-refractivity contribution in [2.24, 2.45) is 0 Å². The summed E-state index contributed by atoms with van der Waals surface area (Å²) in [6.07, 6.45) is 2.18. The van der Waals surface area contributed by atoms with E-state index in [0.29, 0.717) is 16.0 Å². The number of hydrogen-bond acceptors (Lipinski definition) is 1. The first-order chi connectivity index (χ1) is 7.50. The zero-order chi connectivity index (χ0) is 11.9. The molecule has 0 unspecified atom stereocenters. The van der Waals surface area contributed by atoms with Crippen LogP contribution in [0.25, 0.3) is 0 Å². The third-order valence-electron chi connectivity index (χ3n) is 2.75. The monoisotopic (exact) mass is 285 g/mol. The van der Waals surface area contributed by atoms with Crippen LogP contribution in [0.15, 0.2) is 16.6 Å². The molecule has 1 aromatic carbocycles. The van der Waals surface area contributed by atoms with Crippen molar-refractivity contribution in [3.8, 4) is 0 Å². The van der Waals surface area contributed by atoms with E-state index in [9.17, 15) is 9.18 Å². The number of carbonyl (C=O) groups excluding carboxylic acids is 1. The van der Waals surface area contributed by atoms with E-state index in [0.717, 1.165) is 18.4 Å². The van der Waals surface area contributed by atoms with Gasteiger partial charge in [-0.2, -0.15) is 0 Å². The smallest absolute Gasteiger partial charge is 0.253 e. The van der Waals surface area contributed by atoms with E-state index in [1.54, 1.807) is 20.2 Å². The SMILES string of the molecule is CN(C)C(=O)c1cc(F)c(Br)cc1C1CC1. The summed E-state index contributed by atoms with van der Waals surface area (Å²) in [7, 11) is 3.36. The average molecular weight is 286 g/mol. The highest BCUT2D eigenvalue weighted by atomic mass is 79.9. The summed E-state index contributed by atoms with van der Waals surface area (Å²) in [4.78, 5) is 13.4. The fraction of sp³-hybridized carbons (Fsp3) is 0.417. The first-order valence-corrected chi connectivity index (χ1v) is 6.00. The molecule has 0 radical (unpaired) electrons. The minimum atomic E-state index is -0.380. The molecule has 16 heavy (non-hydrogen) atoms. The molecular weight excluding hydrogens is 273 g/mol. The average Bonchev–Trinajstić information content (AvgIpc) is 3.03. The molecule has 1 amide bonds. The summed E-state index contributed by atoms with van der Waals surface area (Å²) in [6.45, 7) is 0. The Morgan fingerprint density at radius 2 is 2.06 bits per heavy atom. The Labute approximate surface area is 103 Å². The van der Waals surface area contributed by atoms with Crippen molar-refractivity contribution in [2.45, 2.75) is 18.8 Å². The summed E-state index contributed by atoms with van der Waals surface area (Å²) in [5, 5.41) is 0. The number of hydrogen-bond donors (Lipinski definition) is 0. The van der Waals surface area contributed by atoms with E-state index in [-0.39, 0.29) is 11.7 Å². The maximum Gasteiger partial charge on any atom is 0.253 e. The summed E-state index contributed by atoms with van der Waals surface area (Å²) in [5.74, 6) is -0.0845. The van der Waals surface area contributed by atoms with Gasteiger partial charge in [0.1, 0.15) is 5.82 Å². The molecule has 1 fully saturated rings. The lowest BCUT2D eigenvalue weighted by Gasteiger charge is -2.14. The normalized spacial score (nSPS) is 15.0. The van der Waals surface area contributed by atoms with Crippen molar-refractivity contribution in [3.63, 3.8) is 0 Å². The van der Waals surface area contributed by atoms with Crippen LogP contribution in [0.5, 0.6) is 0 Å². The molecule has 1 saturated carbocycles. The van der Waals surface area contributed by atoms with Gasteiger partial charge in [0.2, 0.25) is 0 Å². The second kappa shape index (κ2) is 4.17. The fourth-order valence-electron chi connectivity index (χ4n) is 1.72. The van der Waals surface area contributed by atoms with Crippen LogP contribution in [0.3, 0.4) is 0 Å². The van der Waals surface area contributed by atoms with Crippen LogP contribution >= 0.6 is 15.9 Å². The molecule has 1 aliphatic carbocycles. The van der Waals surface area contributed by atoms with Crippen LogP contribution in [-0.2, 0) is 0 Å². The van der Waals surface area contributed by atoms with Gasteiger partial charge in [0.25, 0.3) is 5.91 Å². The molecule has 0 saturated heterocycles. The van der Waals surface area contributed by atoms with Crippen molar-refractivity contribution in [1.29, 1.82) is 0 Å². The second-order valence-corrected chi connectivity index (χ2v) is 5.18. The molecule has 2 rings (SSSR count). The predicted octanol–water partition coefficient (Wildman–Crippen LogP) is 3.17. The highest BCUT2D eigenvalue weighted by molar-refractivity contribution is 9.10. The number of benzene rings is 1. The molecule has 0 bridgehead atoms. The topological polar surface area (TPSA) is 20.3 Å². The van der Waals surface area contributed by atoms with Gasteiger partial charge in [0.05, 0.1) is 4.47 Å². The van der Waals surface area contributed by atoms with Crippen molar-refractivity contribution in [3.05, 3.63) is 33.5 Å². The fourth-order valence-corrected chi connectivity index (χ4v) is 2.08. The molecule has 1 aliphatic rings. The summed E-state index contributed by atoms with van der Waals surface area (Å²) in [5.41, 5.74) is 1.46. The first kappa shape index (κ1) is 11.6. The van der Waals surface area contributed by atoms with Gasteiger partial charge in [0, 0.05) is 19.7 Å². The van der Waals surface area contributed by atoms with E-state index in [1.165, 1.54) is 11.0 Å². The van der Waals surface area contributed by atoms with Crippen molar-refractivity contribution < 1.29 is 9.18 Å². The highest BCUT2D eigenvalue weighted by Gasteiger charge is 2.29. The quantitative estimate of drug-likeness (QED) is 0.817. The molecule has 0 aliphatic heterocycles. The lowest BCUT2D eigenvalue weighted by molar-refractivity contribution is 0.0826. The Kier molecular flexibility index (Phi) is 3.02. The third-order valence-corrected chi connectivity index (χ3v) is 3.35. The summed E-state index contributed by atoms with van der Waals surface area (Å²) >= 11 is 3.16. The number of amides is 1. The molecule has 0 aromatic heterocycles. The standard InChI is InChI=1S/C12H13BrFNO/c1-15(2)12(16)9-6-11(14)10(13)5-8(9)7-3-4-7/h5-7H,3-4H2,1-2H3. The van der Waals surface area contributed by atoms with Crippen LogP contribution in [-0.4, -0.2) is 24.9 Å². The number of carbonyl (C=O) groups is 1. The Morgan fingerprint density at radius 3 is 2.56 bits per heavy atom. The predicted molar refractivity (Wildman–Crippen MR) is 64.1 cm³/mol. The Morgan fingerprint density at radius 1 is 1.44 bits per heavy atom. The number of nitrogens with zero attached hydrogens (tertiary/aromatic N) is 1.